The zero-order chi connectivity index (χ0) is 6.41. The largest absolute Gasteiger partial charge is 0.297 e. The van der Waals surface area contributed by atoms with Gasteiger partial charge in [-0.2, -0.15) is 0 Å². The molecule has 0 spiro atoms. The van der Waals surface area contributed by atoms with Crippen LogP contribution in [0.3, 0.4) is 0 Å². The third kappa shape index (κ3) is 5.41. The molecule has 0 unspecified atom stereocenters. The number of nitrogens with zero attached hydrogens (tertiary/aromatic N) is 1. The SMILES string of the molecule is CN=C/C=C\C(C)C. The average molecular weight is 111 g/mol. The second kappa shape index (κ2) is 4.57. The van der Waals surface area contributed by atoms with Gasteiger partial charge in [-0.25, -0.2) is 0 Å². The zero-order valence-electron chi connectivity index (χ0n) is 5.76. The summed E-state index contributed by atoms with van der Waals surface area (Å²) in [6.07, 6.45) is 5.86. The highest BCUT2D eigenvalue weighted by atomic mass is 14.6. The van der Waals surface area contributed by atoms with Gasteiger partial charge in [0.25, 0.3) is 0 Å². The molecule has 0 aliphatic heterocycles. The van der Waals surface area contributed by atoms with Crippen molar-refractivity contribution < 1.29 is 0 Å². The van der Waals surface area contributed by atoms with E-state index in [1.165, 1.54) is 0 Å². The topological polar surface area (TPSA) is 12.4 Å². The maximum atomic E-state index is 3.80. The van der Waals surface area contributed by atoms with Gasteiger partial charge in [0, 0.05) is 13.3 Å². The van der Waals surface area contributed by atoms with E-state index in [0.717, 1.165) is 0 Å². The standard InChI is InChI=1S/C7H13N/c1-7(2)5-4-6-8-3/h4-7H,1-3H3/b5-4-,8-6?. The average Bonchev–Trinajstić information content (AvgIpc) is 1.66. The molecular formula is C7H13N. The van der Waals surface area contributed by atoms with Crippen molar-refractivity contribution in [3.63, 3.8) is 0 Å². The summed E-state index contributed by atoms with van der Waals surface area (Å²) in [5.74, 6) is 0.632. The summed E-state index contributed by atoms with van der Waals surface area (Å²) in [6, 6.07) is 0. The molecule has 46 valence electrons. The summed E-state index contributed by atoms with van der Waals surface area (Å²) < 4.78 is 0. The van der Waals surface area contributed by atoms with Crippen molar-refractivity contribution in [1.29, 1.82) is 0 Å². The highest BCUT2D eigenvalue weighted by molar-refractivity contribution is 5.70. The maximum Gasteiger partial charge on any atom is 0.0277 e. The molecule has 0 aromatic rings. The van der Waals surface area contributed by atoms with Crippen LogP contribution in [0.25, 0.3) is 0 Å². The first-order chi connectivity index (χ1) is 3.77. The van der Waals surface area contributed by atoms with Gasteiger partial charge < -0.3 is 0 Å². The molecule has 0 aromatic carbocycles. The Balaban J connectivity index is 3.34. The van der Waals surface area contributed by atoms with E-state index in [9.17, 15) is 0 Å². The van der Waals surface area contributed by atoms with Gasteiger partial charge in [-0.15, -0.1) is 0 Å². The molecule has 0 saturated carbocycles. The van der Waals surface area contributed by atoms with Gasteiger partial charge in [0.2, 0.25) is 0 Å². The molecule has 0 aromatic heterocycles. The molecule has 0 amide bonds. The van der Waals surface area contributed by atoms with E-state index >= 15 is 0 Å². The van der Waals surface area contributed by atoms with Crippen LogP contribution in [0.4, 0.5) is 0 Å². The van der Waals surface area contributed by atoms with Gasteiger partial charge in [-0.1, -0.05) is 19.9 Å². The van der Waals surface area contributed by atoms with Crippen LogP contribution >= 0.6 is 0 Å². The molecular weight excluding hydrogens is 98.1 g/mol. The predicted octanol–water partition coefficient (Wildman–Crippen LogP) is 1.90. The van der Waals surface area contributed by atoms with Crippen molar-refractivity contribution in [2.24, 2.45) is 10.9 Å². The van der Waals surface area contributed by atoms with Crippen molar-refractivity contribution in [3.05, 3.63) is 12.2 Å². The van der Waals surface area contributed by atoms with Crippen molar-refractivity contribution in [3.8, 4) is 0 Å². The van der Waals surface area contributed by atoms with E-state index < -0.39 is 0 Å². The van der Waals surface area contributed by atoms with Crippen LogP contribution in [0.1, 0.15) is 13.8 Å². The number of hydrogen-bond donors (Lipinski definition) is 0. The van der Waals surface area contributed by atoms with Crippen LogP contribution in [0.15, 0.2) is 17.1 Å². The van der Waals surface area contributed by atoms with E-state index in [2.05, 4.69) is 24.9 Å². The number of hydrogen-bond acceptors (Lipinski definition) is 1. The Labute approximate surface area is 51.1 Å². The fraction of sp³-hybridized carbons (Fsp3) is 0.571. The smallest absolute Gasteiger partial charge is 0.0277 e. The molecule has 1 heteroatoms. The van der Waals surface area contributed by atoms with Crippen molar-refractivity contribution >= 4 is 6.21 Å². The third-order valence-electron chi connectivity index (χ3n) is 0.731. The molecule has 0 saturated heterocycles. The number of aliphatic imine (C=N–C) groups is 1. The van der Waals surface area contributed by atoms with E-state index in [-0.39, 0.29) is 0 Å². The zero-order valence-corrected chi connectivity index (χ0v) is 5.76. The molecule has 0 heterocycles. The van der Waals surface area contributed by atoms with Crippen LogP contribution < -0.4 is 0 Å². The molecule has 0 N–H and O–H groups in total. The van der Waals surface area contributed by atoms with Gasteiger partial charge >= 0.3 is 0 Å². The van der Waals surface area contributed by atoms with Gasteiger partial charge in [0.15, 0.2) is 0 Å². The fourth-order valence-corrected chi connectivity index (χ4v) is 0.358. The monoisotopic (exact) mass is 111 g/mol. The van der Waals surface area contributed by atoms with Gasteiger partial charge in [-0.05, 0) is 12.0 Å². The summed E-state index contributed by atoms with van der Waals surface area (Å²) in [6.45, 7) is 4.28. The van der Waals surface area contributed by atoms with Crippen LogP contribution in [0, 0.1) is 5.92 Å². The lowest BCUT2D eigenvalue weighted by Crippen LogP contribution is -1.76. The Morgan fingerprint density at radius 1 is 1.38 bits per heavy atom. The Hall–Kier alpha value is -0.590. The molecule has 0 fully saturated rings. The summed E-state index contributed by atoms with van der Waals surface area (Å²) in [5, 5.41) is 0. The summed E-state index contributed by atoms with van der Waals surface area (Å²) >= 11 is 0. The first kappa shape index (κ1) is 7.41. The van der Waals surface area contributed by atoms with E-state index in [1.807, 2.05) is 6.08 Å². The van der Waals surface area contributed by atoms with Crippen LogP contribution in [-0.4, -0.2) is 13.3 Å². The quantitative estimate of drug-likeness (QED) is 0.482. The Morgan fingerprint density at radius 2 is 2.00 bits per heavy atom. The minimum absolute atomic E-state index is 0.632. The lowest BCUT2D eigenvalue weighted by Gasteiger charge is -1.87. The molecule has 1 nitrogen and oxygen atoms in total. The minimum Gasteiger partial charge on any atom is -0.297 e. The van der Waals surface area contributed by atoms with Crippen molar-refractivity contribution in [2.75, 3.05) is 7.05 Å². The predicted molar refractivity (Wildman–Crippen MR) is 38.4 cm³/mol. The van der Waals surface area contributed by atoms with Gasteiger partial charge in [0.05, 0.1) is 0 Å². The third-order valence-corrected chi connectivity index (χ3v) is 0.731. The second-order valence-corrected chi connectivity index (χ2v) is 2.04. The first-order valence-corrected chi connectivity index (χ1v) is 2.86. The Bertz CT molecular complexity index is 90.6. The molecule has 0 rings (SSSR count). The second-order valence-electron chi connectivity index (χ2n) is 2.04. The van der Waals surface area contributed by atoms with Crippen molar-refractivity contribution in [2.45, 2.75) is 13.8 Å². The van der Waals surface area contributed by atoms with E-state index in [0.29, 0.717) is 5.92 Å². The first-order valence-electron chi connectivity index (χ1n) is 2.86. The molecule has 0 atom stereocenters. The van der Waals surface area contributed by atoms with Gasteiger partial charge in [-0.3, -0.25) is 4.99 Å². The van der Waals surface area contributed by atoms with Gasteiger partial charge in [0.1, 0.15) is 0 Å². The number of allylic oxidation sites excluding steroid dienone is 2. The van der Waals surface area contributed by atoms with E-state index in [1.54, 1.807) is 13.3 Å². The summed E-state index contributed by atoms with van der Waals surface area (Å²) in [4.78, 5) is 3.80. The molecule has 0 aliphatic carbocycles. The lowest BCUT2D eigenvalue weighted by molar-refractivity contribution is 0.833. The number of rotatable bonds is 2. The van der Waals surface area contributed by atoms with Crippen LogP contribution in [0.2, 0.25) is 0 Å². The van der Waals surface area contributed by atoms with Crippen LogP contribution in [0.5, 0.6) is 0 Å². The van der Waals surface area contributed by atoms with E-state index in [4.69, 9.17) is 0 Å². The van der Waals surface area contributed by atoms with Crippen LogP contribution in [-0.2, 0) is 0 Å². The van der Waals surface area contributed by atoms with Crippen molar-refractivity contribution in [1.82, 2.24) is 0 Å². The summed E-state index contributed by atoms with van der Waals surface area (Å²) in [5.41, 5.74) is 0. The normalized spacial score (nSPS) is 12.5. The fourth-order valence-electron chi connectivity index (χ4n) is 0.358. The maximum absolute atomic E-state index is 3.80. The Kier molecular flexibility index (Phi) is 4.23. The highest BCUT2D eigenvalue weighted by Gasteiger charge is 1.78. The lowest BCUT2D eigenvalue weighted by atomic mass is 10.2. The molecule has 8 heavy (non-hydrogen) atoms. The molecule has 0 radical (unpaired) electrons. The minimum atomic E-state index is 0.632. The molecule has 0 bridgehead atoms. The highest BCUT2D eigenvalue weighted by Crippen LogP contribution is 1.90. The molecule has 0 aliphatic rings. The Morgan fingerprint density at radius 3 is 2.38 bits per heavy atom. The summed E-state index contributed by atoms with van der Waals surface area (Å²) in [7, 11) is 1.77.